The number of methoxy groups -OCH3 is 1. The minimum atomic E-state index is 0.541. The summed E-state index contributed by atoms with van der Waals surface area (Å²) in [4.78, 5) is 3.97. The van der Waals surface area contributed by atoms with Gasteiger partial charge in [0.25, 0.3) is 0 Å². The molecule has 62 valence electrons. The van der Waals surface area contributed by atoms with Gasteiger partial charge in [-0.25, -0.2) is 4.98 Å². The number of nitrogens with zero attached hydrogens (tertiary/aromatic N) is 1. The van der Waals surface area contributed by atoms with Crippen LogP contribution >= 0.6 is 11.6 Å². The summed E-state index contributed by atoms with van der Waals surface area (Å²) in [6.07, 6.45) is 1.36. The number of rotatable bonds is 1. The van der Waals surface area contributed by atoms with Crippen molar-refractivity contribution < 1.29 is 9.15 Å². The van der Waals surface area contributed by atoms with Crippen LogP contribution in [0.2, 0.25) is 5.02 Å². The summed E-state index contributed by atoms with van der Waals surface area (Å²) in [6, 6.07) is 3.47. The van der Waals surface area contributed by atoms with Crippen LogP contribution in [0.25, 0.3) is 11.1 Å². The molecule has 0 aliphatic heterocycles. The van der Waals surface area contributed by atoms with Gasteiger partial charge in [-0.1, -0.05) is 11.6 Å². The summed E-state index contributed by atoms with van der Waals surface area (Å²) >= 11 is 5.85. The number of hydrogen-bond acceptors (Lipinski definition) is 3. The van der Waals surface area contributed by atoms with Crippen molar-refractivity contribution in [3.63, 3.8) is 0 Å². The maximum atomic E-state index is 5.85. The lowest BCUT2D eigenvalue weighted by Gasteiger charge is -2.00. The van der Waals surface area contributed by atoms with Crippen molar-refractivity contribution in [3.05, 3.63) is 23.5 Å². The number of benzene rings is 1. The number of aromatic nitrogens is 1. The lowest BCUT2D eigenvalue weighted by molar-refractivity contribution is 0.419. The Morgan fingerprint density at radius 1 is 1.50 bits per heavy atom. The van der Waals surface area contributed by atoms with Crippen LogP contribution in [0.1, 0.15) is 0 Å². The van der Waals surface area contributed by atoms with Crippen LogP contribution in [-0.4, -0.2) is 12.1 Å². The molecule has 2 aromatic rings. The van der Waals surface area contributed by atoms with E-state index in [4.69, 9.17) is 20.8 Å². The minimum absolute atomic E-state index is 0.541. The van der Waals surface area contributed by atoms with Crippen molar-refractivity contribution >= 4 is 22.7 Å². The molecule has 0 spiro atoms. The van der Waals surface area contributed by atoms with E-state index in [2.05, 4.69) is 4.98 Å². The van der Waals surface area contributed by atoms with Crippen LogP contribution in [0, 0.1) is 0 Å². The summed E-state index contributed by atoms with van der Waals surface area (Å²) in [7, 11) is 1.55. The van der Waals surface area contributed by atoms with E-state index >= 15 is 0 Å². The summed E-state index contributed by atoms with van der Waals surface area (Å²) in [5, 5.41) is 0.541. The molecule has 0 radical (unpaired) electrons. The fourth-order valence-corrected chi connectivity index (χ4v) is 1.31. The van der Waals surface area contributed by atoms with Crippen molar-refractivity contribution in [2.45, 2.75) is 0 Å². The van der Waals surface area contributed by atoms with Gasteiger partial charge >= 0.3 is 0 Å². The van der Waals surface area contributed by atoms with Crippen molar-refractivity contribution in [1.82, 2.24) is 4.98 Å². The summed E-state index contributed by atoms with van der Waals surface area (Å²) < 4.78 is 10.1. The zero-order valence-electron chi connectivity index (χ0n) is 6.37. The predicted molar refractivity (Wildman–Crippen MR) is 45.6 cm³/mol. The standard InChI is InChI=1S/C8H6ClNO2/c1-11-8-5(9)2-3-6-7(8)10-4-12-6/h2-4H,1H3. The first-order valence-electron chi connectivity index (χ1n) is 3.38. The van der Waals surface area contributed by atoms with Crippen LogP contribution in [0.5, 0.6) is 5.75 Å². The van der Waals surface area contributed by atoms with Gasteiger partial charge in [0.1, 0.15) is 0 Å². The molecule has 1 aromatic carbocycles. The Hall–Kier alpha value is -1.22. The van der Waals surface area contributed by atoms with Gasteiger partial charge in [0.05, 0.1) is 12.1 Å². The zero-order valence-corrected chi connectivity index (χ0v) is 7.13. The van der Waals surface area contributed by atoms with Crippen molar-refractivity contribution in [2.75, 3.05) is 7.11 Å². The molecule has 0 amide bonds. The van der Waals surface area contributed by atoms with E-state index in [-0.39, 0.29) is 0 Å². The third-order valence-electron chi connectivity index (χ3n) is 1.61. The predicted octanol–water partition coefficient (Wildman–Crippen LogP) is 2.49. The van der Waals surface area contributed by atoms with Gasteiger partial charge in [-0.3, -0.25) is 0 Å². The molecule has 2 rings (SSSR count). The fourth-order valence-electron chi connectivity index (χ4n) is 1.08. The van der Waals surface area contributed by atoms with Gasteiger partial charge in [0.15, 0.2) is 23.2 Å². The first kappa shape index (κ1) is 7.43. The van der Waals surface area contributed by atoms with Gasteiger partial charge < -0.3 is 9.15 Å². The summed E-state index contributed by atoms with van der Waals surface area (Å²) in [6.45, 7) is 0. The smallest absolute Gasteiger partial charge is 0.182 e. The Morgan fingerprint density at radius 3 is 3.08 bits per heavy atom. The van der Waals surface area contributed by atoms with Crippen molar-refractivity contribution in [3.8, 4) is 5.75 Å². The SMILES string of the molecule is COc1c(Cl)ccc2ocnc12. The van der Waals surface area contributed by atoms with Gasteiger partial charge in [-0.05, 0) is 12.1 Å². The first-order chi connectivity index (χ1) is 5.83. The number of oxazole rings is 1. The normalized spacial score (nSPS) is 10.5. The van der Waals surface area contributed by atoms with E-state index in [9.17, 15) is 0 Å². The molecule has 3 nitrogen and oxygen atoms in total. The van der Waals surface area contributed by atoms with E-state index in [0.29, 0.717) is 21.9 Å². The second kappa shape index (κ2) is 2.68. The van der Waals surface area contributed by atoms with E-state index in [1.807, 2.05) is 0 Å². The van der Waals surface area contributed by atoms with E-state index < -0.39 is 0 Å². The monoisotopic (exact) mass is 183 g/mol. The maximum Gasteiger partial charge on any atom is 0.182 e. The number of fused-ring (bicyclic) bond motifs is 1. The molecule has 0 aliphatic carbocycles. The lowest BCUT2D eigenvalue weighted by atomic mass is 10.3. The first-order valence-corrected chi connectivity index (χ1v) is 3.76. The van der Waals surface area contributed by atoms with Gasteiger partial charge in [0, 0.05) is 0 Å². The van der Waals surface area contributed by atoms with Crippen LogP contribution in [0.4, 0.5) is 0 Å². The Bertz CT molecular complexity index is 410. The van der Waals surface area contributed by atoms with Crippen LogP contribution in [0.15, 0.2) is 22.9 Å². The van der Waals surface area contributed by atoms with Crippen LogP contribution in [-0.2, 0) is 0 Å². The number of ether oxygens (including phenoxy) is 1. The zero-order chi connectivity index (χ0) is 8.55. The molecule has 0 fully saturated rings. The Kier molecular flexibility index (Phi) is 1.66. The number of hydrogen-bond donors (Lipinski definition) is 0. The van der Waals surface area contributed by atoms with Crippen molar-refractivity contribution in [2.24, 2.45) is 0 Å². The van der Waals surface area contributed by atoms with Crippen LogP contribution in [0.3, 0.4) is 0 Å². The molecule has 0 N–H and O–H groups in total. The van der Waals surface area contributed by atoms with E-state index in [0.717, 1.165) is 0 Å². The molecular weight excluding hydrogens is 178 g/mol. The molecule has 0 unspecified atom stereocenters. The Labute approximate surface area is 73.9 Å². The molecule has 0 atom stereocenters. The molecule has 12 heavy (non-hydrogen) atoms. The topological polar surface area (TPSA) is 35.3 Å². The summed E-state index contributed by atoms with van der Waals surface area (Å²) in [5.41, 5.74) is 1.33. The molecule has 0 aliphatic rings. The van der Waals surface area contributed by atoms with E-state index in [1.165, 1.54) is 6.39 Å². The maximum absolute atomic E-state index is 5.85. The second-order valence-electron chi connectivity index (χ2n) is 2.28. The van der Waals surface area contributed by atoms with E-state index in [1.54, 1.807) is 19.2 Å². The molecule has 0 bridgehead atoms. The second-order valence-corrected chi connectivity index (χ2v) is 2.69. The third kappa shape index (κ3) is 0.940. The van der Waals surface area contributed by atoms with Gasteiger partial charge in [-0.2, -0.15) is 0 Å². The summed E-state index contributed by atoms with van der Waals surface area (Å²) in [5.74, 6) is 0.558. The average molecular weight is 184 g/mol. The Morgan fingerprint density at radius 2 is 2.33 bits per heavy atom. The lowest BCUT2D eigenvalue weighted by Crippen LogP contribution is -1.85. The molecule has 1 heterocycles. The van der Waals surface area contributed by atoms with Gasteiger partial charge in [0.2, 0.25) is 0 Å². The number of halogens is 1. The highest BCUT2D eigenvalue weighted by Crippen LogP contribution is 2.31. The molecule has 4 heteroatoms. The minimum Gasteiger partial charge on any atom is -0.493 e. The largest absolute Gasteiger partial charge is 0.493 e. The quantitative estimate of drug-likeness (QED) is 0.682. The highest BCUT2D eigenvalue weighted by Gasteiger charge is 2.08. The molecular formula is C8H6ClNO2. The average Bonchev–Trinajstić information content (AvgIpc) is 2.52. The molecule has 1 aromatic heterocycles. The third-order valence-corrected chi connectivity index (χ3v) is 1.91. The van der Waals surface area contributed by atoms with Crippen molar-refractivity contribution in [1.29, 1.82) is 0 Å². The highest BCUT2D eigenvalue weighted by molar-refractivity contribution is 6.33. The fraction of sp³-hybridized carbons (Fsp3) is 0.125. The highest BCUT2D eigenvalue weighted by atomic mass is 35.5. The molecule has 0 saturated carbocycles. The molecule has 0 saturated heterocycles. The van der Waals surface area contributed by atoms with Gasteiger partial charge in [-0.15, -0.1) is 0 Å². The Balaban J connectivity index is 2.83. The van der Waals surface area contributed by atoms with Crippen LogP contribution < -0.4 is 4.74 Å².